The van der Waals surface area contributed by atoms with E-state index in [-0.39, 0.29) is 23.1 Å². The number of hydrogen-bond acceptors (Lipinski definition) is 4. The van der Waals surface area contributed by atoms with Crippen molar-refractivity contribution in [2.24, 2.45) is 17.3 Å². The van der Waals surface area contributed by atoms with Crippen LogP contribution in [0.5, 0.6) is 0 Å². The minimum atomic E-state index is -4.60. The number of likely N-dealkylation sites (tertiary alicyclic amines) is 1. The van der Waals surface area contributed by atoms with Gasteiger partial charge < -0.3 is 15.1 Å². The van der Waals surface area contributed by atoms with Crippen molar-refractivity contribution in [2.45, 2.75) is 51.1 Å². The lowest BCUT2D eigenvalue weighted by molar-refractivity contribution is -0.138. The van der Waals surface area contributed by atoms with E-state index in [1.165, 1.54) is 18.9 Å². The molecule has 1 aromatic rings. The highest BCUT2D eigenvalue weighted by molar-refractivity contribution is 5.83. The number of halogens is 3. The summed E-state index contributed by atoms with van der Waals surface area (Å²) in [5, 5.41) is 11.8. The van der Waals surface area contributed by atoms with Crippen LogP contribution in [0.25, 0.3) is 0 Å². The van der Waals surface area contributed by atoms with Crippen LogP contribution in [0.1, 0.15) is 56.1 Å². The fraction of sp³-hybridized carbons (Fsp3) is 0.640. The van der Waals surface area contributed by atoms with Crippen molar-refractivity contribution < 1.29 is 22.8 Å². The zero-order chi connectivity index (χ0) is 24.5. The molecule has 1 spiro atoms. The fourth-order valence-corrected chi connectivity index (χ4v) is 6.06. The molecule has 2 saturated heterocycles. The van der Waals surface area contributed by atoms with E-state index in [1.54, 1.807) is 19.2 Å². The Morgan fingerprint density at radius 1 is 1.21 bits per heavy atom. The first-order valence-corrected chi connectivity index (χ1v) is 12.0. The summed E-state index contributed by atoms with van der Waals surface area (Å²) in [7, 11) is 1.60. The highest BCUT2D eigenvalue weighted by Crippen LogP contribution is 2.46. The predicted octanol–water partition coefficient (Wildman–Crippen LogP) is 3.95. The molecule has 1 atom stereocenters. The summed E-state index contributed by atoms with van der Waals surface area (Å²) in [4.78, 5) is 29.5. The Morgan fingerprint density at radius 2 is 1.88 bits per heavy atom. The molecule has 9 heteroatoms. The molecule has 2 aliphatic heterocycles. The van der Waals surface area contributed by atoms with Crippen LogP contribution in [0.15, 0.2) is 18.2 Å². The molecular weight excluding hydrogens is 445 g/mol. The summed E-state index contributed by atoms with van der Waals surface area (Å²) in [6.07, 6.45) is 1.67. The number of nitrogens with one attached hydrogen (secondary N) is 1. The number of alkyl halides is 3. The number of carbonyl (C=O) groups excluding carboxylic acids is 2. The normalized spacial score (nSPS) is 22.7. The number of anilines is 1. The molecule has 1 aliphatic carbocycles. The second-order valence-corrected chi connectivity index (χ2v) is 9.98. The van der Waals surface area contributed by atoms with Crippen molar-refractivity contribution in [2.75, 3.05) is 38.1 Å². The minimum absolute atomic E-state index is 0.0812. The molecule has 1 unspecified atom stereocenters. The molecule has 1 N–H and O–H groups in total. The zero-order valence-electron chi connectivity index (χ0n) is 19.5. The average Bonchev–Trinajstić information content (AvgIpc) is 3.46. The second kappa shape index (κ2) is 9.47. The van der Waals surface area contributed by atoms with Crippen molar-refractivity contribution >= 4 is 17.5 Å². The van der Waals surface area contributed by atoms with Crippen molar-refractivity contribution in [1.29, 1.82) is 5.26 Å². The van der Waals surface area contributed by atoms with Crippen LogP contribution >= 0.6 is 0 Å². The maximum absolute atomic E-state index is 13.4. The maximum Gasteiger partial charge on any atom is 0.417 e. The van der Waals surface area contributed by atoms with E-state index < -0.39 is 17.3 Å². The molecule has 0 radical (unpaired) electrons. The molecule has 2 heterocycles. The summed E-state index contributed by atoms with van der Waals surface area (Å²) in [5.74, 6) is 0.145. The number of nitriles is 1. The lowest BCUT2D eigenvalue weighted by Gasteiger charge is -2.43. The Hall–Kier alpha value is -2.76. The van der Waals surface area contributed by atoms with Crippen LogP contribution in [0.4, 0.5) is 18.9 Å². The molecule has 2 amide bonds. The van der Waals surface area contributed by atoms with Crippen molar-refractivity contribution in [3.63, 3.8) is 0 Å². The highest BCUT2D eigenvalue weighted by Gasteiger charge is 2.52. The lowest BCUT2D eigenvalue weighted by atomic mass is 9.70. The average molecular weight is 477 g/mol. The van der Waals surface area contributed by atoms with Crippen molar-refractivity contribution in [3.8, 4) is 6.07 Å². The first-order valence-electron chi connectivity index (χ1n) is 12.0. The molecule has 34 heavy (non-hydrogen) atoms. The Bertz CT molecular complexity index is 973. The van der Waals surface area contributed by atoms with Crippen LogP contribution in [-0.4, -0.2) is 49.9 Å². The van der Waals surface area contributed by atoms with Gasteiger partial charge in [-0.2, -0.15) is 18.4 Å². The number of hydrogen-bond donors (Lipinski definition) is 1. The molecular formula is C25H31F3N4O2. The number of carbonyl (C=O) groups is 2. The number of nitrogens with zero attached hydrogens (tertiary/aromatic N) is 3. The van der Waals surface area contributed by atoms with Crippen LogP contribution in [0, 0.1) is 28.6 Å². The number of benzene rings is 1. The standard InChI is InChI=1S/C25H31F3N4O2/c1-30-23(34)21-15-32(22(33)12-17-4-2-3-5-17)16-24(21)8-10-31(11-9-24)19-7-6-18(14-29)20(13-19)25(26,27)28/h6-7,13,17,21H,2-5,8-12,15-16H2,1H3,(H,30,34). The van der Waals surface area contributed by atoms with E-state index in [2.05, 4.69) is 5.32 Å². The van der Waals surface area contributed by atoms with Gasteiger partial charge >= 0.3 is 6.18 Å². The Kier molecular flexibility index (Phi) is 6.79. The molecule has 1 aromatic carbocycles. The molecule has 3 fully saturated rings. The third kappa shape index (κ3) is 4.73. The Balaban J connectivity index is 1.49. The fourth-order valence-electron chi connectivity index (χ4n) is 6.06. The maximum atomic E-state index is 13.4. The summed E-state index contributed by atoms with van der Waals surface area (Å²) in [5.41, 5.74) is -1.27. The van der Waals surface area contributed by atoms with Gasteiger partial charge in [-0.25, -0.2) is 0 Å². The van der Waals surface area contributed by atoms with Gasteiger partial charge in [0.25, 0.3) is 0 Å². The SMILES string of the molecule is CNC(=O)C1CN(C(=O)CC2CCCC2)CC12CCN(c1ccc(C#N)c(C(F)(F)F)c1)CC2. The van der Waals surface area contributed by atoms with Gasteiger partial charge in [-0.15, -0.1) is 0 Å². The van der Waals surface area contributed by atoms with E-state index in [9.17, 15) is 22.8 Å². The third-order valence-corrected chi connectivity index (χ3v) is 8.05. The smallest absolute Gasteiger partial charge is 0.371 e. The molecule has 6 nitrogen and oxygen atoms in total. The largest absolute Gasteiger partial charge is 0.417 e. The van der Waals surface area contributed by atoms with E-state index in [4.69, 9.17) is 5.26 Å². The quantitative estimate of drug-likeness (QED) is 0.714. The molecule has 184 valence electrons. The van der Waals surface area contributed by atoms with Gasteiger partial charge in [0, 0.05) is 50.7 Å². The highest BCUT2D eigenvalue weighted by atomic mass is 19.4. The van der Waals surface area contributed by atoms with E-state index >= 15 is 0 Å². The first-order chi connectivity index (χ1) is 16.2. The van der Waals surface area contributed by atoms with Crippen LogP contribution in [0.2, 0.25) is 0 Å². The Labute approximate surface area is 198 Å². The summed E-state index contributed by atoms with van der Waals surface area (Å²) >= 11 is 0. The van der Waals surface area contributed by atoms with Crippen molar-refractivity contribution in [1.82, 2.24) is 10.2 Å². The van der Waals surface area contributed by atoms with Crippen LogP contribution in [0.3, 0.4) is 0 Å². The van der Waals surface area contributed by atoms with E-state index in [0.29, 0.717) is 57.0 Å². The summed E-state index contributed by atoms with van der Waals surface area (Å²) in [6.45, 7) is 1.90. The first kappa shape index (κ1) is 24.4. The van der Waals surface area contributed by atoms with Gasteiger partial charge in [0.05, 0.1) is 23.1 Å². The molecule has 3 aliphatic rings. The van der Waals surface area contributed by atoms with Crippen molar-refractivity contribution in [3.05, 3.63) is 29.3 Å². The number of rotatable bonds is 4. The molecule has 4 rings (SSSR count). The second-order valence-electron chi connectivity index (χ2n) is 9.98. The van der Waals surface area contributed by atoms with Gasteiger partial charge in [-0.05, 0) is 49.8 Å². The predicted molar refractivity (Wildman–Crippen MR) is 121 cm³/mol. The van der Waals surface area contributed by atoms with Gasteiger partial charge in [-0.3, -0.25) is 9.59 Å². The zero-order valence-corrected chi connectivity index (χ0v) is 19.5. The molecule has 0 aromatic heterocycles. The van der Waals surface area contributed by atoms with Crippen LogP contribution < -0.4 is 10.2 Å². The van der Waals surface area contributed by atoms with Gasteiger partial charge in [0.15, 0.2) is 0 Å². The summed E-state index contributed by atoms with van der Waals surface area (Å²) < 4.78 is 40.2. The van der Waals surface area contributed by atoms with E-state index in [1.807, 2.05) is 9.80 Å². The number of amides is 2. The van der Waals surface area contributed by atoms with Gasteiger partial charge in [0.2, 0.25) is 11.8 Å². The third-order valence-electron chi connectivity index (χ3n) is 8.05. The van der Waals surface area contributed by atoms with Crippen LogP contribution in [-0.2, 0) is 15.8 Å². The minimum Gasteiger partial charge on any atom is -0.371 e. The number of piperidine rings is 1. The van der Waals surface area contributed by atoms with Gasteiger partial charge in [0.1, 0.15) is 0 Å². The lowest BCUT2D eigenvalue weighted by Crippen LogP contribution is -2.48. The molecule has 1 saturated carbocycles. The summed E-state index contributed by atoms with van der Waals surface area (Å²) in [6, 6.07) is 5.42. The topological polar surface area (TPSA) is 76.4 Å². The van der Waals surface area contributed by atoms with Gasteiger partial charge in [-0.1, -0.05) is 12.8 Å². The Morgan fingerprint density at radius 3 is 2.47 bits per heavy atom. The monoisotopic (exact) mass is 476 g/mol. The molecule has 0 bridgehead atoms. The van der Waals surface area contributed by atoms with E-state index in [0.717, 1.165) is 18.9 Å².